The maximum absolute atomic E-state index is 13.4. The number of nitrogens with one attached hydrogen (secondary N) is 1. The van der Waals surface area contributed by atoms with Crippen LogP contribution in [-0.2, 0) is 4.79 Å². The van der Waals surface area contributed by atoms with Crippen LogP contribution in [0.5, 0.6) is 0 Å². The van der Waals surface area contributed by atoms with Crippen LogP contribution in [0.2, 0.25) is 0 Å². The van der Waals surface area contributed by atoms with Crippen molar-refractivity contribution in [3.8, 4) is 0 Å². The Balaban J connectivity index is 2.88. The lowest BCUT2D eigenvalue weighted by molar-refractivity contribution is -0.138. The van der Waals surface area contributed by atoms with Crippen LogP contribution in [0.25, 0.3) is 0 Å². The zero-order valence-electron chi connectivity index (χ0n) is 11.1. The second-order valence-corrected chi connectivity index (χ2v) is 5.35. The Morgan fingerprint density at radius 1 is 1.47 bits per heavy atom. The standard InChI is InChI=1S/C13H17FN2O3/c1-13(2,3)10(6-11(17)18)16-12(19)8-4-5-15-7-9(8)14/h4-5,7,10H,6H2,1-3H3,(H,16,19)(H,17,18). The van der Waals surface area contributed by atoms with E-state index in [1.165, 1.54) is 12.3 Å². The van der Waals surface area contributed by atoms with Crippen molar-refractivity contribution in [3.63, 3.8) is 0 Å². The number of carbonyl (C=O) groups is 2. The summed E-state index contributed by atoms with van der Waals surface area (Å²) in [5, 5.41) is 11.4. The van der Waals surface area contributed by atoms with Gasteiger partial charge in [0.2, 0.25) is 0 Å². The lowest BCUT2D eigenvalue weighted by Gasteiger charge is -2.30. The highest BCUT2D eigenvalue weighted by molar-refractivity contribution is 5.94. The van der Waals surface area contributed by atoms with E-state index in [0.29, 0.717) is 0 Å². The topological polar surface area (TPSA) is 79.3 Å². The van der Waals surface area contributed by atoms with Crippen molar-refractivity contribution in [2.45, 2.75) is 33.2 Å². The van der Waals surface area contributed by atoms with Gasteiger partial charge in [-0.05, 0) is 11.5 Å². The summed E-state index contributed by atoms with van der Waals surface area (Å²) in [5.41, 5.74) is -0.591. The molecule has 0 radical (unpaired) electrons. The van der Waals surface area contributed by atoms with Gasteiger partial charge in [-0.3, -0.25) is 14.6 Å². The molecule has 1 aromatic rings. The minimum Gasteiger partial charge on any atom is -0.481 e. The van der Waals surface area contributed by atoms with Crippen LogP contribution in [0, 0.1) is 11.2 Å². The lowest BCUT2D eigenvalue weighted by atomic mass is 9.84. The van der Waals surface area contributed by atoms with Gasteiger partial charge in [-0.25, -0.2) is 4.39 Å². The third-order valence-electron chi connectivity index (χ3n) is 2.75. The smallest absolute Gasteiger partial charge is 0.305 e. The number of nitrogens with zero attached hydrogens (tertiary/aromatic N) is 1. The summed E-state index contributed by atoms with van der Waals surface area (Å²) in [6.07, 6.45) is 2.03. The molecule has 1 unspecified atom stereocenters. The zero-order valence-corrected chi connectivity index (χ0v) is 11.1. The number of halogens is 1. The average molecular weight is 268 g/mol. The number of carbonyl (C=O) groups excluding carboxylic acids is 1. The Bertz CT molecular complexity index is 483. The Morgan fingerprint density at radius 2 is 2.11 bits per heavy atom. The monoisotopic (exact) mass is 268 g/mol. The summed E-state index contributed by atoms with van der Waals surface area (Å²) in [4.78, 5) is 26.3. The van der Waals surface area contributed by atoms with Crippen molar-refractivity contribution < 1.29 is 19.1 Å². The maximum atomic E-state index is 13.4. The summed E-state index contributed by atoms with van der Waals surface area (Å²) in [5.74, 6) is -2.39. The number of pyridine rings is 1. The number of rotatable bonds is 4. The lowest BCUT2D eigenvalue weighted by Crippen LogP contribution is -2.45. The van der Waals surface area contributed by atoms with Crippen molar-refractivity contribution in [3.05, 3.63) is 29.8 Å². The molecule has 0 aliphatic heterocycles. The van der Waals surface area contributed by atoms with Crippen molar-refractivity contribution in [2.75, 3.05) is 0 Å². The number of hydrogen-bond acceptors (Lipinski definition) is 3. The van der Waals surface area contributed by atoms with E-state index in [0.717, 1.165) is 6.20 Å². The van der Waals surface area contributed by atoms with Crippen LogP contribution < -0.4 is 5.32 Å². The van der Waals surface area contributed by atoms with E-state index < -0.39 is 29.2 Å². The molecule has 1 atom stereocenters. The minimum absolute atomic E-state index is 0.144. The van der Waals surface area contributed by atoms with Gasteiger partial charge in [-0.1, -0.05) is 20.8 Å². The summed E-state index contributed by atoms with van der Waals surface area (Å²) < 4.78 is 13.4. The first-order chi connectivity index (χ1) is 8.71. The molecular formula is C13H17FN2O3. The number of hydrogen-bond donors (Lipinski definition) is 2. The van der Waals surface area contributed by atoms with Gasteiger partial charge in [-0.15, -0.1) is 0 Å². The predicted molar refractivity (Wildman–Crippen MR) is 67.2 cm³/mol. The van der Waals surface area contributed by atoms with E-state index in [1.54, 1.807) is 0 Å². The maximum Gasteiger partial charge on any atom is 0.305 e. The number of carboxylic acid groups (broad SMARTS) is 1. The molecule has 0 saturated carbocycles. The quantitative estimate of drug-likeness (QED) is 0.873. The molecule has 1 rings (SSSR count). The number of carboxylic acids is 1. The fourth-order valence-electron chi connectivity index (χ4n) is 1.54. The molecule has 0 aliphatic carbocycles. The van der Waals surface area contributed by atoms with E-state index in [1.807, 2.05) is 20.8 Å². The molecule has 1 heterocycles. The Labute approximate surface area is 110 Å². The van der Waals surface area contributed by atoms with E-state index in [4.69, 9.17) is 5.11 Å². The first-order valence-electron chi connectivity index (χ1n) is 5.84. The first kappa shape index (κ1) is 15.1. The van der Waals surface area contributed by atoms with Crippen LogP contribution in [0.3, 0.4) is 0 Å². The molecule has 2 N–H and O–H groups in total. The number of amides is 1. The molecule has 0 aliphatic rings. The van der Waals surface area contributed by atoms with Crippen LogP contribution >= 0.6 is 0 Å². The van der Waals surface area contributed by atoms with Crippen molar-refractivity contribution in [1.29, 1.82) is 0 Å². The summed E-state index contributed by atoms with van der Waals surface area (Å²) in [7, 11) is 0. The van der Waals surface area contributed by atoms with Gasteiger partial charge >= 0.3 is 5.97 Å². The molecule has 1 aromatic heterocycles. The van der Waals surface area contributed by atoms with E-state index in [2.05, 4.69) is 10.3 Å². The fourth-order valence-corrected chi connectivity index (χ4v) is 1.54. The van der Waals surface area contributed by atoms with Crippen molar-refractivity contribution >= 4 is 11.9 Å². The molecule has 6 heteroatoms. The predicted octanol–water partition coefficient (Wildman–Crippen LogP) is 1.84. The van der Waals surface area contributed by atoms with Crippen LogP contribution in [-0.4, -0.2) is 28.0 Å². The summed E-state index contributed by atoms with van der Waals surface area (Å²) in [6.45, 7) is 5.43. The van der Waals surface area contributed by atoms with Gasteiger partial charge in [0, 0.05) is 12.2 Å². The molecular weight excluding hydrogens is 251 g/mol. The molecule has 5 nitrogen and oxygen atoms in total. The molecule has 0 fully saturated rings. The Hall–Kier alpha value is -1.98. The molecule has 0 bridgehead atoms. The van der Waals surface area contributed by atoms with E-state index in [-0.39, 0.29) is 12.0 Å². The summed E-state index contributed by atoms with van der Waals surface area (Å²) >= 11 is 0. The largest absolute Gasteiger partial charge is 0.481 e. The molecule has 0 aromatic carbocycles. The SMILES string of the molecule is CC(C)(C)C(CC(=O)O)NC(=O)c1ccncc1F. The highest BCUT2D eigenvalue weighted by Crippen LogP contribution is 2.22. The minimum atomic E-state index is -1.02. The van der Waals surface area contributed by atoms with Gasteiger partial charge in [0.05, 0.1) is 18.2 Å². The Morgan fingerprint density at radius 3 is 2.58 bits per heavy atom. The molecule has 0 spiro atoms. The molecule has 0 saturated heterocycles. The van der Waals surface area contributed by atoms with Gasteiger partial charge < -0.3 is 10.4 Å². The molecule has 104 valence electrons. The third-order valence-corrected chi connectivity index (χ3v) is 2.75. The first-order valence-corrected chi connectivity index (χ1v) is 5.84. The van der Waals surface area contributed by atoms with E-state index in [9.17, 15) is 14.0 Å². The number of aromatic nitrogens is 1. The van der Waals surface area contributed by atoms with Crippen LogP contribution in [0.1, 0.15) is 37.6 Å². The van der Waals surface area contributed by atoms with Gasteiger partial charge in [0.15, 0.2) is 5.82 Å². The fraction of sp³-hybridized carbons (Fsp3) is 0.462. The second-order valence-electron chi connectivity index (χ2n) is 5.35. The second kappa shape index (κ2) is 5.77. The molecule has 19 heavy (non-hydrogen) atoms. The van der Waals surface area contributed by atoms with Crippen molar-refractivity contribution in [1.82, 2.24) is 10.3 Å². The van der Waals surface area contributed by atoms with Gasteiger partial charge in [0.25, 0.3) is 5.91 Å². The third kappa shape index (κ3) is 4.31. The zero-order chi connectivity index (χ0) is 14.6. The van der Waals surface area contributed by atoms with E-state index >= 15 is 0 Å². The van der Waals surface area contributed by atoms with Crippen LogP contribution in [0.15, 0.2) is 18.5 Å². The molecule has 1 amide bonds. The number of aliphatic carboxylic acids is 1. The Kier molecular flexibility index (Phi) is 4.58. The van der Waals surface area contributed by atoms with Crippen molar-refractivity contribution in [2.24, 2.45) is 5.41 Å². The van der Waals surface area contributed by atoms with Gasteiger partial charge in [-0.2, -0.15) is 0 Å². The highest BCUT2D eigenvalue weighted by atomic mass is 19.1. The highest BCUT2D eigenvalue weighted by Gasteiger charge is 2.29. The van der Waals surface area contributed by atoms with Gasteiger partial charge in [0.1, 0.15) is 0 Å². The normalized spacial score (nSPS) is 12.8. The van der Waals surface area contributed by atoms with Crippen LogP contribution in [0.4, 0.5) is 4.39 Å². The average Bonchev–Trinajstić information content (AvgIpc) is 2.26. The summed E-state index contributed by atoms with van der Waals surface area (Å²) in [6, 6.07) is 0.663.